The molecule has 0 aromatic carbocycles. The van der Waals surface area contributed by atoms with Crippen LogP contribution < -0.4 is 10.6 Å². The normalized spacial score (nSPS) is 16.0. The molecule has 1 aliphatic rings. The first-order chi connectivity index (χ1) is 11.6. The molecular formula is C16H24N6OS. The van der Waals surface area contributed by atoms with E-state index in [1.54, 1.807) is 17.5 Å². The monoisotopic (exact) mass is 348 g/mol. The molecule has 0 saturated heterocycles. The number of aryl methyl sites for hydroxylation is 1. The molecule has 2 N–H and O–H groups in total. The van der Waals surface area contributed by atoms with Gasteiger partial charge in [-0.25, -0.2) is 9.78 Å². The Labute approximate surface area is 145 Å². The van der Waals surface area contributed by atoms with Crippen molar-refractivity contribution >= 4 is 17.4 Å². The van der Waals surface area contributed by atoms with Crippen LogP contribution in [0.25, 0.3) is 0 Å². The van der Waals surface area contributed by atoms with Crippen molar-refractivity contribution in [3.05, 3.63) is 28.2 Å². The lowest BCUT2D eigenvalue weighted by Gasteiger charge is -2.23. The molecule has 1 aliphatic heterocycles. The quantitative estimate of drug-likeness (QED) is 0.841. The summed E-state index contributed by atoms with van der Waals surface area (Å²) in [5.41, 5.74) is 0. The lowest BCUT2D eigenvalue weighted by Crippen LogP contribution is -2.42. The van der Waals surface area contributed by atoms with Gasteiger partial charge >= 0.3 is 6.03 Å². The Morgan fingerprint density at radius 1 is 1.38 bits per heavy atom. The summed E-state index contributed by atoms with van der Waals surface area (Å²) in [5, 5.41) is 17.5. The van der Waals surface area contributed by atoms with Crippen molar-refractivity contribution in [3.8, 4) is 0 Å². The zero-order chi connectivity index (χ0) is 17.1. The number of carbonyl (C=O) groups is 1. The van der Waals surface area contributed by atoms with Crippen LogP contribution in [0.4, 0.5) is 4.79 Å². The van der Waals surface area contributed by atoms with Crippen molar-refractivity contribution in [3.63, 3.8) is 0 Å². The Hall–Kier alpha value is -1.96. The minimum Gasteiger partial charge on any atom is -0.329 e. The third-order valence-electron chi connectivity index (χ3n) is 4.33. The number of hydrogen-bond acceptors (Lipinski definition) is 5. The summed E-state index contributed by atoms with van der Waals surface area (Å²) in [6.45, 7) is 7.14. The molecule has 0 radical (unpaired) electrons. The molecule has 24 heavy (non-hydrogen) atoms. The van der Waals surface area contributed by atoms with E-state index in [2.05, 4.69) is 44.2 Å². The van der Waals surface area contributed by atoms with E-state index in [9.17, 15) is 4.79 Å². The maximum atomic E-state index is 12.5. The van der Waals surface area contributed by atoms with Crippen LogP contribution in [-0.4, -0.2) is 25.8 Å². The molecule has 0 spiro atoms. The number of urea groups is 1. The molecule has 2 aromatic heterocycles. The molecule has 2 atom stereocenters. The zero-order valence-electron chi connectivity index (χ0n) is 14.3. The number of hydrogen-bond donors (Lipinski definition) is 2. The summed E-state index contributed by atoms with van der Waals surface area (Å²) in [4.78, 5) is 16.8. The first-order valence-corrected chi connectivity index (χ1v) is 9.36. The van der Waals surface area contributed by atoms with E-state index in [0.29, 0.717) is 0 Å². The van der Waals surface area contributed by atoms with Crippen molar-refractivity contribution in [1.29, 1.82) is 0 Å². The van der Waals surface area contributed by atoms with Crippen LogP contribution in [-0.2, 0) is 13.0 Å². The lowest BCUT2D eigenvalue weighted by atomic mass is 10.0. The Bertz CT molecular complexity index is 681. The van der Waals surface area contributed by atoms with Crippen LogP contribution in [0.3, 0.4) is 0 Å². The van der Waals surface area contributed by atoms with Crippen molar-refractivity contribution in [2.75, 3.05) is 0 Å². The Morgan fingerprint density at radius 3 is 2.88 bits per heavy atom. The summed E-state index contributed by atoms with van der Waals surface area (Å²) in [5.74, 6) is 2.10. The van der Waals surface area contributed by atoms with Crippen LogP contribution in [0.15, 0.2) is 11.6 Å². The maximum Gasteiger partial charge on any atom is 0.315 e. The van der Waals surface area contributed by atoms with E-state index in [0.717, 1.165) is 42.5 Å². The molecule has 0 bridgehead atoms. The molecule has 0 unspecified atom stereocenters. The third-order valence-corrected chi connectivity index (χ3v) is 5.22. The highest BCUT2D eigenvalue weighted by atomic mass is 32.1. The SMILES string of the molecule is CC[C@@H](NC(=O)N[C@H](c1nnc2n1CCC2)C(C)C)c1nccs1. The van der Waals surface area contributed by atoms with E-state index in [1.165, 1.54) is 0 Å². The first-order valence-electron chi connectivity index (χ1n) is 8.48. The van der Waals surface area contributed by atoms with Crippen LogP contribution in [0.1, 0.15) is 62.4 Å². The van der Waals surface area contributed by atoms with Gasteiger partial charge in [-0.05, 0) is 18.8 Å². The molecule has 3 rings (SSSR count). The minimum absolute atomic E-state index is 0.0677. The number of thiazole rings is 1. The second-order valence-electron chi connectivity index (χ2n) is 6.40. The van der Waals surface area contributed by atoms with E-state index < -0.39 is 0 Å². The number of aromatic nitrogens is 4. The predicted octanol–water partition coefficient (Wildman–Crippen LogP) is 2.83. The van der Waals surface area contributed by atoms with Gasteiger partial charge in [0.1, 0.15) is 10.8 Å². The van der Waals surface area contributed by atoms with Gasteiger partial charge in [-0.15, -0.1) is 21.5 Å². The minimum atomic E-state index is -0.189. The molecule has 0 saturated carbocycles. The highest BCUT2D eigenvalue weighted by molar-refractivity contribution is 7.09. The number of fused-ring (bicyclic) bond motifs is 1. The van der Waals surface area contributed by atoms with E-state index in [4.69, 9.17) is 0 Å². The second-order valence-corrected chi connectivity index (χ2v) is 7.33. The van der Waals surface area contributed by atoms with E-state index in [-0.39, 0.29) is 24.0 Å². The molecule has 8 heteroatoms. The molecule has 2 amide bonds. The summed E-state index contributed by atoms with van der Waals surface area (Å²) in [6.07, 6.45) is 4.62. The standard InChI is InChI=1S/C16H24N6OS/c1-4-11(15-17-7-9-24-15)18-16(23)19-13(10(2)3)14-21-20-12-6-5-8-22(12)14/h7,9-11,13H,4-6,8H2,1-3H3,(H2,18,19,23)/t11-,13+/m1/s1. The Morgan fingerprint density at radius 2 is 2.21 bits per heavy atom. The molecule has 0 fully saturated rings. The number of nitrogens with one attached hydrogen (secondary N) is 2. The summed E-state index contributed by atoms with van der Waals surface area (Å²) >= 11 is 1.56. The molecule has 7 nitrogen and oxygen atoms in total. The third kappa shape index (κ3) is 3.43. The maximum absolute atomic E-state index is 12.5. The van der Waals surface area contributed by atoms with Crippen LogP contribution in [0.2, 0.25) is 0 Å². The smallest absolute Gasteiger partial charge is 0.315 e. The molecular weight excluding hydrogens is 324 g/mol. The molecule has 2 aromatic rings. The largest absolute Gasteiger partial charge is 0.329 e. The van der Waals surface area contributed by atoms with E-state index in [1.807, 2.05) is 12.3 Å². The molecule has 3 heterocycles. The average Bonchev–Trinajstić information content (AvgIpc) is 3.27. The van der Waals surface area contributed by atoms with Gasteiger partial charge in [0, 0.05) is 24.5 Å². The van der Waals surface area contributed by atoms with Gasteiger partial charge in [-0.1, -0.05) is 20.8 Å². The van der Waals surface area contributed by atoms with Gasteiger partial charge in [0.05, 0.1) is 12.1 Å². The van der Waals surface area contributed by atoms with E-state index >= 15 is 0 Å². The van der Waals surface area contributed by atoms with Crippen LogP contribution >= 0.6 is 11.3 Å². The van der Waals surface area contributed by atoms with Gasteiger partial charge < -0.3 is 15.2 Å². The lowest BCUT2D eigenvalue weighted by molar-refractivity contribution is 0.227. The fraction of sp³-hybridized carbons (Fsp3) is 0.625. The highest BCUT2D eigenvalue weighted by Crippen LogP contribution is 2.25. The molecule has 130 valence electrons. The van der Waals surface area contributed by atoms with Crippen molar-refractivity contribution in [2.24, 2.45) is 5.92 Å². The number of rotatable bonds is 6. The summed E-state index contributed by atoms with van der Waals surface area (Å²) < 4.78 is 2.14. The van der Waals surface area contributed by atoms with Crippen molar-refractivity contribution in [1.82, 2.24) is 30.4 Å². The zero-order valence-corrected chi connectivity index (χ0v) is 15.1. The summed E-state index contributed by atoms with van der Waals surface area (Å²) in [6, 6.07) is -0.411. The first kappa shape index (κ1) is 16.9. The van der Waals surface area contributed by atoms with Gasteiger partial charge in [0.25, 0.3) is 0 Å². The fourth-order valence-electron chi connectivity index (χ4n) is 3.02. The Balaban J connectivity index is 1.70. The van der Waals surface area contributed by atoms with Crippen molar-refractivity contribution < 1.29 is 4.79 Å². The average molecular weight is 348 g/mol. The topological polar surface area (TPSA) is 84.7 Å². The van der Waals surface area contributed by atoms with Crippen LogP contribution in [0.5, 0.6) is 0 Å². The van der Waals surface area contributed by atoms with Crippen LogP contribution in [0, 0.1) is 5.92 Å². The Kier molecular flexibility index (Phi) is 5.13. The predicted molar refractivity (Wildman–Crippen MR) is 92.7 cm³/mol. The van der Waals surface area contributed by atoms with Gasteiger partial charge in [-0.2, -0.15) is 0 Å². The molecule has 0 aliphatic carbocycles. The number of carbonyl (C=O) groups excluding carboxylic acids is 1. The fourth-order valence-corrected chi connectivity index (χ4v) is 3.79. The van der Waals surface area contributed by atoms with Gasteiger partial charge in [0.2, 0.25) is 0 Å². The van der Waals surface area contributed by atoms with Gasteiger partial charge in [0.15, 0.2) is 5.82 Å². The number of nitrogens with zero attached hydrogens (tertiary/aromatic N) is 4. The van der Waals surface area contributed by atoms with Gasteiger partial charge in [-0.3, -0.25) is 0 Å². The highest BCUT2D eigenvalue weighted by Gasteiger charge is 2.28. The second kappa shape index (κ2) is 7.29. The number of amides is 2. The summed E-state index contributed by atoms with van der Waals surface area (Å²) in [7, 11) is 0. The van der Waals surface area contributed by atoms with Crippen molar-refractivity contribution in [2.45, 2.75) is 58.7 Å².